The van der Waals surface area contributed by atoms with Crippen LogP contribution in [0.1, 0.15) is 101 Å². The van der Waals surface area contributed by atoms with Crippen molar-refractivity contribution in [3.05, 3.63) is 57.7 Å². The third-order valence-corrected chi connectivity index (χ3v) is 11.6. The van der Waals surface area contributed by atoms with Gasteiger partial charge in [0.05, 0.1) is 29.1 Å². The van der Waals surface area contributed by atoms with E-state index in [4.69, 9.17) is 18.7 Å². The van der Waals surface area contributed by atoms with Crippen LogP contribution in [0, 0.1) is 11.8 Å². The van der Waals surface area contributed by atoms with Crippen molar-refractivity contribution in [2.75, 3.05) is 32.8 Å². The summed E-state index contributed by atoms with van der Waals surface area (Å²) in [7, 11) is 0. The van der Waals surface area contributed by atoms with E-state index in [1.54, 1.807) is 38.5 Å². The van der Waals surface area contributed by atoms with E-state index in [0.717, 1.165) is 25.7 Å². The number of amides is 2. The minimum atomic E-state index is -4.86. The predicted octanol–water partition coefficient (Wildman–Crippen LogP) is 6.91. The number of esters is 1. The van der Waals surface area contributed by atoms with Gasteiger partial charge in [-0.25, -0.2) is 9.59 Å². The number of aromatic nitrogens is 4. The van der Waals surface area contributed by atoms with E-state index in [0.29, 0.717) is 63.2 Å². The number of piperidine rings is 2. The number of fused-ring (bicyclic) bond motifs is 6. The molecule has 1 N–H and O–H groups in total. The number of likely N-dealkylation sites (tertiary alicyclic amines) is 2. The van der Waals surface area contributed by atoms with Gasteiger partial charge < -0.3 is 28.5 Å². The van der Waals surface area contributed by atoms with E-state index >= 15 is 0 Å². The number of carboxylic acids is 1. The Kier molecular flexibility index (Phi) is 11.7. The number of carbonyl (C=O) groups excluding carboxylic acids is 3. The Morgan fingerprint density at radius 2 is 1.10 bits per heavy atom. The molecule has 6 heterocycles. The van der Waals surface area contributed by atoms with E-state index in [1.807, 2.05) is 0 Å². The zero-order chi connectivity index (χ0) is 43.3. The predicted molar refractivity (Wildman–Crippen MR) is 198 cm³/mol. The molecule has 4 aliphatic rings. The van der Waals surface area contributed by atoms with Gasteiger partial charge in [0.1, 0.15) is 22.6 Å². The lowest BCUT2D eigenvalue weighted by molar-refractivity contribution is -0.138. The molecule has 2 aliphatic heterocycles. The first kappa shape index (κ1) is 42.6. The number of aryl methyl sites for hydroxylation is 4. The monoisotopic (exact) mass is 850 g/mol. The fourth-order valence-corrected chi connectivity index (χ4v) is 8.63. The Bertz CT molecular complexity index is 2290. The maximum atomic E-state index is 13.9. The van der Waals surface area contributed by atoms with Gasteiger partial charge in [0.15, 0.2) is 0 Å². The third kappa shape index (κ3) is 8.54. The SMILES string of the molecule is CC(=O)N1CCC(Cn2cc3c(n2)-c2c(oc(C(=O)O)c2C(F)(F)F)CC3)CC1.CCOC(=O)c1oc2c(c1C(F)(F)F)-c1nn(CC3CCN(C(C)=O)CC3)cc1CC2. The van der Waals surface area contributed by atoms with Crippen LogP contribution < -0.4 is 0 Å². The second-order valence-corrected chi connectivity index (χ2v) is 15.6. The lowest BCUT2D eigenvalue weighted by Crippen LogP contribution is -2.38. The molecule has 0 aromatic carbocycles. The molecular weight excluding hydrogens is 806 g/mol. The molecule has 0 bridgehead atoms. The van der Waals surface area contributed by atoms with Crippen molar-refractivity contribution < 1.29 is 64.2 Å². The number of halogens is 6. The summed E-state index contributed by atoms with van der Waals surface area (Å²) in [5.74, 6) is -3.97. The minimum Gasteiger partial charge on any atom is -0.475 e. The minimum absolute atomic E-state index is 0.0160. The van der Waals surface area contributed by atoms with Crippen molar-refractivity contribution in [3.63, 3.8) is 0 Å². The Balaban J connectivity index is 0.000000182. The number of carboxylic acid groups (broad SMARTS) is 1. The first-order chi connectivity index (χ1) is 28.3. The van der Waals surface area contributed by atoms with E-state index in [2.05, 4.69) is 10.2 Å². The molecule has 8 rings (SSSR count). The van der Waals surface area contributed by atoms with Crippen molar-refractivity contribution in [1.82, 2.24) is 29.4 Å². The molecule has 0 saturated carbocycles. The number of hydrogen-bond donors (Lipinski definition) is 1. The number of furan rings is 2. The van der Waals surface area contributed by atoms with Crippen LogP contribution in [0.3, 0.4) is 0 Å². The van der Waals surface area contributed by atoms with Crippen LogP contribution in [0.25, 0.3) is 22.5 Å². The topological polar surface area (TPSA) is 166 Å². The lowest BCUT2D eigenvalue weighted by Gasteiger charge is -2.31. The molecule has 0 atom stereocenters. The molecule has 324 valence electrons. The van der Waals surface area contributed by atoms with Gasteiger partial charge in [-0.3, -0.25) is 19.0 Å². The highest BCUT2D eigenvalue weighted by molar-refractivity contribution is 5.92. The smallest absolute Gasteiger partial charge is 0.421 e. The second kappa shape index (κ2) is 16.5. The standard InChI is InChI=1S/C21H24F3N3O4.C19H20F3N3O4/c1-3-30-20(29)19-17(21(22,23)24)16-15(31-19)5-4-14-11-27(25-18(14)16)10-13-6-8-26(9-7-13)12(2)28;1-10(26)24-6-4-11(5-7-24)8-25-9-12-2-3-13-14(16(12)23-25)15(19(20,21)22)17(29-13)18(27)28/h11,13H,3-10H2,1-2H3;9,11H,2-8H2,1H3,(H,27,28). The summed E-state index contributed by atoms with van der Waals surface area (Å²) in [5.41, 5.74) is -1.05. The number of alkyl halides is 6. The van der Waals surface area contributed by atoms with Gasteiger partial charge in [0.2, 0.25) is 23.3 Å². The van der Waals surface area contributed by atoms with E-state index in [9.17, 15) is 45.5 Å². The maximum Gasteiger partial charge on any atom is 0.421 e. The Hall–Kier alpha value is -5.56. The molecule has 2 amide bonds. The summed E-state index contributed by atoms with van der Waals surface area (Å²) in [5, 5.41) is 18.0. The van der Waals surface area contributed by atoms with Crippen LogP contribution in [0.15, 0.2) is 21.2 Å². The van der Waals surface area contributed by atoms with Crippen LogP contribution >= 0.6 is 0 Å². The quantitative estimate of drug-likeness (QED) is 0.153. The molecule has 0 unspecified atom stereocenters. The van der Waals surface area contributed by atoms with Crippen LogP contribution in [0.2, 0.25) is 0 Å². The fraction of sp³-hybridized carbons (Fsp3) is 0.550. The summed E-state index contributed by atoms with van der Waals surface area (Å²) in [6, 6.07) is 0. The first-order valence-electron chi connectivity index (χ1n) is 19.8. The number of ether oxygens (including phenoxy) is 1. The number of aromatic carboxylic acids is 1. The van der Waals surface area contributed by atoms with Gasteiger partial charge in [0.25, 0.3) is 0 Å². The van der Waals surface area contributed by atoms with Gasteiger partial charge in [-0.05, 0) is 68.4 Å². The second-order valence-electron chi connectivity index (χ2n) is 15.6. The average Bonchev–Trinajstić information content (AvgIpc) is 3.97. The van der Waals surface area contributed by atoms with Crippen molar-refractivity contribution in [3.8, 4) is 22.5 Å². The van der Waals surface area contributed by atoms with Crippen LogP contribution in [-0.4, -0.2) is 91.0 Å². The molecule has 2 saturated heterocycles. The normalized spacial score (nSPS) is 16.9. The molecule has 0 spiro atoms. The van der Waals surface area contributed by atoms with Crippen molar-refractivity contribution >= 4 is 23.8 Å². The summed E-state index contributed by atoms with van der Waals surface area (Å²) in [6.45, 7) is 8.33. The summed E-state index contributed by atoms with van der Waals surface area (Å²) in [6.07, 6.45) is -1.49. The summed E-state index contributed by atoms with van der Waals surface area (Å²) < 4.78 is 101. The Morgan fingerprint density at radius 1 is 0.700 bits per heavy atom. The van der Waals surface area contributed by atoms with Crippen molar-refractivity contribution in [2.24, 2.45) is 11.8 Å². The molecule has 2 aliphatic carbocycles. The Morgan fingerprint density at radius 3 is 1.47 bits per heavy atom. The average molecular weight is 851 g/mol. The summed E-state index contributed by atoms with van der Waals surface area (Å²) in [4.78, 5) is 49.9. The molecule has 14 nitrogen and oxygen atoms in total. The van der Waals surface area contributed by atoms with Crippen molar-refractivity contribution in [2.45, 2.75) is 97.6 Å². The van der Waals surface area contributed by atoms with E-state index in [1.165, 1.54) is 13.8 Å². The molecular formula is C40H44F6N6O8. The number of carbonyl (C=O) groups is 4. The van der Waals surface area contributed by atoms with Gasteiger partial charge in [-0.1, -0.05) is 0 Å². The zero-order valence-electron chi connectivity index (χ0n) is 33.2. The largest absolute Gasteiger partial charge is 0.475 e. The van der Waals surface area contributed by atoms with Gasteiger partial charge in [-0.15, -0.1) is 0 Å². The highest BCUT2D eigenvalue weighted by Gasteiger charge is 2.47. The van der Waals surface area contributed by atoms with Gasteiger partial charge >= 0.3 is 24.3 Å². The number of nitrogens with zero attached hydrogens (tertiary/aromatic N) is 6. The van der Waals surface area contributed by atoms with Crippen LogP contribution in [0.4, 0.5) is 26.3 Å². The Labute approximate surface area is 339 Å². The molecule has 4 aromatic rings. The highest BCUT2D eigenvalue weighted by Crippen LogP contribution is 2.48. The first-order valence-corrected chi connectivity index (χ1v) is 19.8. The van der Waals surface area contributed by atoms with Crippen molar-refractivity contribution in [1.29, 1.82) is 0 Å². The highest BCUT2D eigenvalue weighted by atomic mass is 19.4. The van der Waals surface area contributed by atoms with E-state index < -0.39 is 46.9 Å². The zero-order valence-corrected chi connectivity index (χ0v) is 33.2. The third-order valence-electron chi connectivity index (χ3n) is 11.6. The number of rotatable bonds is 7. The van der Waals surface area contributed by atoms with E-state index in [-0.39, 0.29) is 77.1 Å². The maximum absolute atomic E-state index is 13.9. The lowest BCUT2D eigenvalue weighted by atomic mass is 9.93. The molecule has 4 aromatic heterocycles. The van der Waals surface area contributed by atoms with Crippen LogP contribution in [-0.2, 0) is 65.5 Å². The summed E-state index contributed by atoms with van der Waals surface area (Å²) >= 11 is 0. The van der Waals surface area contributed by atoms with Crippen LogP contribution in [0.5, 0.6) is 0 Å². The molecule has 60 heavy (non-hydrogen) atoms. The van der Waals surface area contributed by atoms with Gasteiger partial charge in [0, 0.05) is 78.4 Å². The van der Waals surface area contributed by atoms with Gasteiger partial charge in [-0.2, -0.15) is 36.5 Å². The fourth-order valence-electron chi connectivity index (χ4n) is 8.63. The molecule has 2 fully saturated rings. The number of hydrogen-bond acceptors (Lipinski definition) is 9. The molecule has 20 heteroatoms. The molecule has 0 radical (unpaired) electrons.